The Balaban J connectivity index is 1.87. The number of hydrogen-bond acceptors (Lipinski definition) is 3. The quantitative estimate of drug-likeness (QED) is 0.770. The summed E-state index contributed by atoms with van der Waals surface area (Å²) in [4.78, 5) is 14.1. The second-order valence-corrected chi connectivity index (χ2v) is 7.30. The molecule has 140 valence electrons. The zero-order valence-electron chi connectivity index (χ0n) is 16.3. The van der Waals surface area contributed by atoms with Gasteiger partial charge in [-0.05, 0) is 80.9 Å². The Morgan fingerprint density at radius 3 is 2.26 bits per heavy atom. The molecule has 0 amide bonds. The van der Waals surface area contributed by atoms with Crippen molar-refractivity contribution in [2.45, 2.75) is 33.7 Å². The number of rotatable bonds is 4. The highest BCUT2D eigenvalue weighted by atomic mass is 32.1. The van der Waals surface area contributed by atoms with Crippen LogP contribution in [0.25, 0.3) is 0 Å². The number of hydrogen-bond donors (Lipinski definition) is 1. The van der Waals surface area contributed by atoms with Gasteiger partial charge >= 0.3 is 0 Å². The van der Waals surface area contributed by atoms with Crippen molar-refractivity contribution in [1.82, 2.24) is 10.2 Å². The minimum absolute atomic E-state index is 0.0369. The number of ketones is 1. The normalized spacial score (nSPS) is 17.0. The van der Waals surface area contributed by atoms with Crippen molar-refractivity contribution in [3.8, 4) is 11.5 Å². The van der Waals surface area contributed by atoms with E-state index in [0.29, 0.717) is 5.11 Å². The largest absolute Gasteiger partial charge is 0.457 e. The lowest BCUT2D eigenvalue weighted by Crippen LogP contribution is -2.45. The predicted octanol–water partition coefficient (Wildman–Crippen LogP) is 4.82. The number of benzene rings is 2. The summed E-state index contributed by atoms with van der Waals surface area (Å²) in [7, 11) is 1.87. The van der Waals surface area contributed by atoms with E-state index in [1.54, 1.807) is 6.92 Å². The van der Waals surface area contributed by atoms with Crippen LogP contribution in [0.2, 0.25) is 0 Å². The molecule has 0 saturated heterocycles. The molecule has 0 aliphatic carbocycles. The number of allylic oxidation sites excluding steroid dienone is 1. The summed E-state index contributed by atoms with van der Waals surface area (Å²) in [6, 6.07) is 13.6. The number of nitrogens with one attached hydrogen (secondary N) is 1. The van der Waals surface area contributed by atoms with Crippen molar-refractivity contribution in [2.24, 2.45) is 0 Å². The number of carbonyl (C=O) groups is 1. The highest BCUT2D eigenvalue weighted by molar-refractivity contribution is 7.80. The third kappa shape index (κ3) is 3.88. The van der Waals surface area contributed by atoms with E-state index in [9.17, 15) is 4.79 Å². The fourth-order valence-electron chi connectivity index (χ4n) is 3.18. The van der Waals surface area contributed by atoms with Crippen LogP contribution in [-0.4, -0.2) is 22.8 Å². The molecule has 0 spiro atoms. The molecule has 0 fully saturated rings. The summed E-state index contributed by atoms with van der Waals surface area (Å²) in [6.07, 6.45) is 0. The van der Waals surface area contributed by atoms with Crippen LogP contribution >= 0.6 is 12.2 Å². The monoisotopic (exact) mass is 380 g/mol. The summed E-state index contributed by atoms with van der Waals surface area (Å²) in [5, 5.41) is 3.87. The Morgan fingerprint density at radius 2 is 1.67 bits per heavy atom. The van der Waals surface area contributed by atoms with Gasteiger partial charge in [-0.2, -0.15) is 0 Å². The highest BCUT2D eigenvalue weighted by Crippen LogP contribution is 2.32. The van der Waals surface area contributed by atoms with Gasteiger partial charge in [0.25, 0.3) is 0 Å². The number of Topliss-reactive ketones (excluding diaryl/α,β-unsaturated/α-hetero) is 1. The summed E-state index contributed by atoms with van der Waals surface area (Å²) in [6.45, 7) is 7.66. The van der Waals surface area contributed by atoms with Gasteiger partial charge in [0.05, 0.1) is 6.04 Å². The first kappa shape index (κ1) is 19.1. The number of carbonyl (C=O) groups excluding carboxylic acids is 1. The molecule has 4 nitrogen and oxygen atoms in total. The molecule has 3 rings (SSSR count). The van der Waals surface area contributed by atoms with Gasteiger partial charge in [0.15, 0.2) is 10.9 Å². The summed E-state index contributed by atoms with van der Waals surface area (Å²) in [5.41, 5.74) is 5.02. The van der Waals surface area contributed by atoms with Gasteiger partial charge in [-0.15, -0.1) is 0 Å². The highest BCUT2D eigenvalue weighted by Gasteiger charge is 2.30. The van der Waals surface area contributed by atoms with Crippen molar-refractivity contribution in [3.05, 3.63) is 70.4 Å². The van der Waals surface area contributed by atoms with Crippen molar-refractivity contribution in [3.63, 3.8) is 0 Å². The van der Waals surface area contributed by atoms with E-state index in [4.69, 9.17) is 17.0 Å². The second kappa shape index (κ2) is 7.53. The van der Waals surface area contributed by atoms with E-state index in [1.165, 1.54) is 11.1 Å². The lowest BCUT2D eigenvalue weighted by atomic mass is 9.92. The Labute approximate surface area is 165 Å². The zero-order valence-corrected chi connectivity index (χ0v) is 17.1. The molecule has 0 radical (unpaired) electrons. The van der Waals surface area contributed by atoms with Gasteiger partial charge < -0.3 is 15.0 Å². The fraction of sp³-hybridized carbons (Fsp3) is 0.273. The molecule has 0 bridgehead atoms. The van der Waals surface area contributed by atoms with Crippen molar-refractivity contribution >= 4 is 23.1 Å². The van der Waals surface area contributed by atoms with E-state index in [0.717, 1.165) is 28.3 Å². The van der Waals surface area contributed by atoms with Gasteiger partial charge in [-0.3, -0.25) is 4.79 Å². The fourth-order valence-corrected chi connectivity index (χ4v) is 3.44. The minimum atomic E-state index is -0.248. The molecule has 1 atom stereocenters. The van der Waals surface area contributed by atoms with Crippen LogP contribution in [-0.2, 0) is 4.79 Å². The standard InChI is InChI=1S/C22H24N2O2S/c1-13-6-9-19(12-14(13)2)26-18-10-7-17(8-11-18)21-20(16(4)25)15(3)24(5)22(27)23-21/h6-12,21H,1-5H3,(H,23,27). The van der Waals surface area contributed by atoms with Crippen LogP contribution < -0.4 is 10.1 Å². The van der Waals surface area contributed by atoms with Crippen LogP contribution in [0.1, 0.15) is 36.6 Å². The maximum Gasteiger partial charge on any atom is 0.173 e. The molecule has 0 aromatic heterocycles. The summed E-state index contributed by atoms with van der Waals surface area (Å²) in [5.74, 6) is 1.60. The molecule has 27 heavy (non-hydrogen) atoms. The molecule has 1 aliphatic heterocycles. The van der Waals surface area contributed by atoms with Crippen LogP contribution in [0.15, 0.2) is 53.7 Å². The number of ether oxygens (including phenoxy) is 1. The molecule has 2 aromatic carbocycles. The molecular weight excluding hydrogens is 356 g/mol. The first-order chi connectivity index (χ1) is 12.8. The lowest BCUT2D eigenvalue weighted by molar-refractivity contribution is -0.114. The maximum absolute atomic E-state index is 12.2. The summed E-state index contributed by atoms with van der Waals surface area (Å²) >= 11 is 5.40. The molecule has 1 N–H and O–H groups in total. The Kier molecular flexibility index (Phi) is 5.33. The Hall–Kier alpha value is -2.66. The Morgan fingerprint density at radius 1 is 1.04 bits per heavy atom. The number of thiocarbonyl (C=S) groups is 1. The number of nitrogens with zero attached hydrogens (tertiary/aromatic N) is 1. The van der Waals surface area contributed by atoms with E-state index < -0.39 is 0 Å². The van der Waals surface area contributed by atoms with Gasteiger partial charge in [-0.25, -0.2) is 0 Å². The SMILES string of the molecule is CC(=O)C1=C(C)N(C)C(=S)NC1c1ccc(Oc2ccc(C)c(C)c2)cc1. The summed E-state index contributed by atoms with van der Waals surface area (Å²) < 4.78 is 5.96. The zero-order chi connectivity index (χ0) is 19.7. The molecule has 2 aromatic rings. The van der Waals surface area contributed by atoms with Gasteiger partial charge in [0, 0.05) is 18.3 Å². The third-order valence-corrected chi connectivity index (χ3v) is 5.45. The number of aryl methyl sites for hydroxylation is 2. The average Bonchev–Trinajstić information content (AvgIpc) is 2.63. The van der Waals surface area contributed by atoms with Crippen molar-refractivity contribution in [1.29, 1.82) is 0 Å². The third-order valence-electron chi connectivity index (χ3n) is 5.06. The van der Waals surface area contributed by atoms with E-state index in [2.05, 4.69) is 25.2 Å². The van der Waals surface area contributed by atoms with E-state index >= 15 is 0 Å². The van der Waals surface area contributed by atoms with E-state index in [-0.39, 0.29) is 11.8 Å². The van der Waals surface area contributed by atoms with Crippen LogP contribution in [0.4, 0.5) is 0 Å². The van der Waals surface area contributed by atoms with Crippen molar-refractivity contribution < 1.29 is 9.53 Å². The van der Waals surface area contributed by atoms with E-state index in [1.807, 2.05) is 55.3 Å². The predicted molar refractivity (Wildman–Crippen MR) is 112 cm³/mol. The molecule has 1 heterocycles. The smallest absolute Gasteiger partial charge is 0.173 e. The lowest BCUT2D eigenvalue weighted by Gasteiger charge is -2.35. The Bertz CT molecular complexity index is 932. The average molecular weight is 381 g/mol. The molecule has 1 unspecified atom stereocenters. The molecule has 1 aliphatic rings. The molecular formula is C22H24N2O2S. The molecule has 0 saturated carbocycles. The topological polar surface area (TPSA) is 41.6 Å². The second-order valence-electron chi connectivity index (χ2n) is 6.91. The van der Waals surface area contributed by atoms with Gasteiger partial charge in [0.2, 0.25) is 0 Å². The minimum Gasteiger partial charge on any atom is -0.457 e. The molecule has 5 heteroatoms. The first-order valence-corrected chi connectivity index (χ1v) is 9.29. The van der Waals surface area contributed by atoms with Gasteiger partial charge in [-0.1, -0.05) is 18.2 Å². The van der Waals surface area contributed by atoms with Crippen LogP contribution in [0.3, 0.4) is 0 Å². The van der Waals surface area contributed by atoms with Crippen LogP contribution in [0.5, 0.6) is 11.5 Å². The first-order valence-electron chi connectivity index (χ1n) is 8.89. The van der Waals surface area contributed by atoms with Crippen LogP contribution in [0, 0.1) is 13.8 Å². The van der Waals surface area contributed by atoms with Gasteiger partial charge in [0.1, 0.15) is 11.5 Å². The maximum atomic E-state index is 12.2. The van der Waals surface area contributed by atoms with Crippen molar-refractivity contribution in [2.75, 3.05) is 7.05 Å².